The van der Waals surface area contributed by atoms with Crippen LogP contribution in [0.3, 0.4) is 0 Å². The van der Waals surface area contributed by atoms with Crippen molar-refractivity contribution >= 4 is 0 Å². The highest BCUT2D eigenvalue weighted by molar-refractivity contribution is 5.51. The van der Waals surface area contributed by atoms with Gasteiger partial charge in [-0.2, -0.15) is 4.98 Å². The molecule has 4 rings (SSSR count). The van der Waals surface area contributed by atoms with E-state index in [1.165, 1.54) is 0 Å². The zero-order valence-electron chi connectivity index (χ0n) is 14.3. The van der Waals surface area contributed by atoms with Crippen molar-refractivity contribution < 1.29 is 14.7 Å². The second-order valence-corrected chi connectivity index (χ2v) is 6.67. The van der Waals surface area contributed by atoms with E-state index in [9.17, 15) is 10.2 Å². The van der Waals surface area contributed by atoms with E-state index in [2.05, 4.69) is 10.1 Å². The minimum absolute atomic E-state index is 0.348. The van der Waals surface area contributed by atoms with Crippen molar-refractivity contribution in [2.24, 2.45) is 0 Å². The highest BCUT2D eigenvalue weighted by Crippen LogP contribution is 2.33. The molecule has 6 nitrogen and oxygen atoms in total. The first-order valence-electron chi connectivity index (χ1n) is 8.71. The van der Waals surface area contributed by atoms with Crippen molar-refractivity contribution in [2.75, 3.05) is 13.1 Å². The lowest BCUT2D eigenvalue weighted by molar-refractivity contribution is -0.126. The number of hydrogen-bond donors (Lipinski definition) is 2. The molecule has 1 aromatic heterocycles. The van der Waals surface area contributed by atoms with E-state index in [1.54, 1.807) is 0 Å². The van der Waals surface area contributed by atoms with Crippen LogP contribution in [0.5, 0.6) is 0 Å². The van der Waals surface area contributed by atoms with Gasteiger partial charge in [0.25, 0.3) is 5.89 Å². The third-order valence-electron chi connectivity index (χ3n) is 4.92. The number of β-amino-alcohol motifs (C(OH)–C–C–N with tert-alkyl or cyclic N) is 1. The lowest BCUT2D eigenvalue weighted by Crippen LogP contribution is -2.53. The molecule has 1 aliphatic heterocycles. The van der Waals surface area contributed by atoms with E-state index < -0.39 is 11.7 Å². The zero-order chi connectivity index (χ0) is 18.0. The van der Waals surface area contributed by atoms with Gasteiger partial charge in [0.05, 0.1) is 12.6 Å². The summed E-state index contributed by atoms with van der Waals surface area (Å²) < 4.78 is 5.33. The number of benzene rings is 2. The van der Waals surface area contributed by atoms with E-state index in [0.717, 1.165) is 11.1 Å². The molecule has 1 saturated heterocycles. The lowest BCUT2D eigenvalue weighted by atomic mass is 9.82. The number of aliphatic hydroxyl groups is 2. The predicted molar refractivity (Wildman–Crippen MR) is 96.0 cm³/mol. The average molecular weight is 351 g/mol. The van der Waals surface area contributed by atoms with Crippen LogP contribution < -0.4 is 0 Å². The molecule has 6 heteroatoms. The minimum atomic E-state index is -1.22. The molecule has 134 valence electrons. The normalized spacial score (nSPS) is 23.8. The van der Waals surface area contributed by atoms with Gasteiger partial charge in [-0.05, 0) is 24.1 Å². The zero-order valence-corrected chi connectivity index (χ0v) is 14.3. The fraction of sp³-hybridized carbons (Fsp3) is 0.300. The van der Waals surface area contributed by atoms with Gasteiger partial charge in [-0.25, -0.2) is 0 Å². The van der Waals surface area contributed by atoms with E-state index in [-0.39, 0.29) is 0 Å². The van der Waals surface area contributed by atoms with Crippen molar-refractivity contribution in [3.8, 4) is 11.5 Å². The number of hydrogen-bond acceptors (Lipinski definition) is 6. The third-order valence-corrected chi connectivity index (χ3v) is 4.92. The van der Waals surface area contributed by atoms with Crippen molar-refractivity contribution in [3.05, 3.63) is 72.1 Å². The Morgan fingerprint density at radius 2 is 1.77 bits per heavy atom. The Labute approximate surface area is 151 Å². The summed E-state index contributed by atoms with van der Waals surface area (Å²) in [6, 6.07) is 19.0. The Kier molecular flexibility index (Phi) is 4.55. The van der Waals surface area contributed by atoms with Crippen LogP contribution in [-0.4, -0.2) is 44.4 Å². The summed E-state index contributed by atoms with van der Waals surface area (Å²) in [5.41, 5.74) is 0.408. The molecule has 2 heterocycles. The maximum Gasteiger partial charge on any atom is 0.257 e. The molecular formula is C20H21N3O3. The maximum atomic E-state index is 10.9. The van der Waals surface area contributed by atoms with E-state index in [0.29, 0.717) is 37.8 Å². The molecule has 3 aromatic rings. The van der Waals surface area contributed by atoms with Crippen LogP contribution >= 0.6 is 0 Å². The largest absolute Gasteiger partial charge is 0.388 e. The SMILES string of the molecule is O[C@H]1CN(Cc2noc(-c3ccccc3)n2)CC[C@]1(O)c1ccccc1. The summed E-state index contributed by atoms with van der Waals surface area (Å²) in [7, 11) is 0. The quantitative estimate of drug-likeness (QED) is 0.750. The highest BCUT2D eigenvalue weighted by Gasteiger charge is 2.42. The number of aromatic nitrogens is 2. The monoisotopic (exact) mass is 351 g/mol. The molecule has 2 N–H and O–H groups in total. The Morgan fingerprint density at radius 3 is 2.46 bits per heavy atom. The number of aliphatic hydroxyl groups excluding tert-OH is 1. The number of nitrogens with zero attached hydrogens (tertiary/aromatic N) is 3. The van der Waals surface area contributed by atoms with Gasteiger partial charge < -0.3 is 14.7 Å². The topological polar surface area (TPSA) is 82.6 Å². The van der Waals surface area contributed by atoms with Crippen molar-refractivity contribution in [1.29, 1.82) is 0 Å². The molecule has 1 aliphatic rings. The van der Waals surface area contributed by atoms with Gasteiger partial charge in [0.2, 0.25) is 0 Å². The Balaban J connectivity index is 1.43. The minimum Gasteiger partial charge on any atom is -0.388 e. The average Bonchev–Trinajstić information content (AvgIpc) is 3.15. The summed E-state index contributed by atoms with van der Waals surface area (Å²) in [5, 5.41) is 25.5. The molecule has 0 saturated carbocycles. The number of rotatable bonds is 4. The van der Waals surface area contributed by atoms with Gasteiger partial charge in [0.1, 0.15) is 5.60 Å². The first-order chi connectivity index (χ1) is 12.6. The summed E-state index contributed by atoms with van der Waals surface area (Å²) in [4.78, 5) is 6.46. The molecule has 0 radical (unpaired) electrons. The van der Waals surface area contributed by atoms with Gasteiger partial charge in [0, 0.05) is 18.7 Å². The second kappa shape index (κ2) is 6.99. The molecule has 2 aromatic carbocycles. The molecule has 0 amide bonds. The van der Waals surface area contributed by atoms with Crippen molar-refractivity contribution in [3.63, 3.8) is 0 Å². The van der Waals surface area contributed by atoms with Crippen LogP contribution in [0, 0.1) is 0 Å². The molecule has 1 fully saturated rings. The molecule has 0 bridgehead atoms. The highest BCUT2D eigenvalue weighted by atomic mass is 16.5. The van der Waals surface area contributed by atoms with Gasteiger partial charge in [-0.1, -0.05) is 53.7 Å². The van der Waals surface area contributed by atoms with Crippen LogP contribution in [0.25, 0.3) is 11.5 Å². The van der Waals surface area contributed by atoms with Crippen LogP contribution in [0.15, 0.2) is 65.2 Å². The molecule has 2 atom stereocenters. The maximum absolute atomic E-state index is 10.9. The van der Waals surface area contributed by atoms with E-state index in [1.807, 2.05) is 65.6 Å². The van der Waals surface area contributed by atoms with Crippen LogP contribution in [-0.2, 0) is 12.1 Å². The van der Waals surface area contributed by atoms with Crippen molar-refractivity contribution in [1.82, 2.24) is 15.0 Å². The van der Waals surface area contributed by atoms with Gasteiger partial charge in [-0.3, -0.25) is 4.90 Å². The van der Waals surface area contributed by atoms with E-state index >= 15 is 0 Å². The van der Waals surface area contributed by atoms with Crippen LogP contribution in [0.1, 0.15) is 17.8 Å². The molecule has 0 unspecified atom stereocenters. The summed E-state index contributed by atoms with van der Waals surface area (Å²) in [6.45, 7) is 1.45. The summed E-state index contributed by atoms with van der Waals surface area (Å²) in [6.07, 6.45) is -0.430. The molecule has 0 spiro atoms. The Bertz CT molecular complexity index is 853. The van der Waals surface area contributed by atoms with Crippen molar-refractivity contribution in [2.45, 2.75) is 24.7 Å². The third kappa shape index (κ3) is 3.26. The smallest absolute Gasteiger partial charge is 0.257 e. The summed E-state index contributed by atoms with van der Waals surface area (Å²) >= 11 is 0. The second-order valence-electron chi connectivity index (χ2n) is 6.67. The van der Waals surface area contributed by atoms with E-state index in [4.69, 9.17) is 4.52 Å². The lowest BCUT2D eigenvalue weighted by Gasteiger charge is -2.42. The standard InChI is InChI=1S/C20H21N3O3/c24-17-13-23(12-11-20(17,25)16-9-5-2-6-10-16)14-18-21-19(26-22-18)15-7-3-1-4-8-15/h1-10,17,24-25H,11-14H2/t17-,20-/m0/s1. The Hall–Kier alpha value is -2.54. The molecule has 26 heavy (non-hydrogen) atoms. The molecular weight excluding hydrogens is 330 g/mol. The van der Waals surface area contributed by atoms with Crippen LogP contribution in [0.2, 0.25) is 0 Å². The van der Waals surface area contributed by atoms with Crippen LogP contribution in [0.4, 0.5) is 0 Å². The fourth-order valence-electron chi connectivity index (χ4n) is 3.41. The van der Waals surface area contributed by atoms with Gasteiger partial charge in [0.15, 0.2) is 5.82 Å². The van der Waals surface area contributed by atoms with Gasteiger partial charge >= 0.3 is 0 Å². The first-order valence-corrected chi connectivity index (χ1v) is 8.71. The van der Waals surface area contributed by atoms with Gasteiger partial charge in [-0.15, -0.1) is 0 Å². The first kappa shape index (κ1) is 16.9. The predicted octanol–water partition coefficient (Wildman–Crippen LogP) is 2.19. The Morgan fingerprint density at radius 1 is 1.08 bits per heavy atom. The number of piperidine rings is 1. The fourth-order valence-corrected chi connectivity index (χ4v) is 3.41. The number of likely N-dealkylation sites (tertiary alicyclic amines) is 1. The molecule has 0 aliphatic carbocycles. The summed E-state index contributed by atoms with van der Waals surface area (Å²) in [5.74, 6) is 1.06.